The van der Waals surface area contributed by atoms with Gasteiger partial charge in [0.05, 0.1) is 6.26 Å². The van der Waals surface area contributed by atoms with Crippen molar-refractivity contribution in [3.63, 3.8) is 0 Å². The van der Waals surface area contributed by atoms with Gasteiger partial charge < -0.3 is 27.6 Å². The van der Waals surface area contributed by atoms with Gasteiger partial charge in [-0.2, -0.15) is 11.8 Å². The number of carboxylic acid groups (broad SMARTS) is 1. The maximum Gasteiger partial charge on any atom is 0.408 e. The van der Waals surface area contributed by atoms with Gasteiger partial charge in [0, 0.05) is 0 Å². The highest BCUT2D eigenvalue weighted by atomic mass is 35.5. The molecule has 0 radical (unpaired) electrons. The van der Waals surface area contributed by atoms with E-state index in [1.165, 1.54) is 11.8 Å². The molecule has 0 rings (SSSR count). The number of carboxylic acids is 1. The molecule has 0 saturated carbocycles. The fraction of sp³-hybridized carbons (Fsp3) is 0.818. The zero-order valence-corrected chi connectivity index (χ0v) is 14.5. The van der Waals surface area contributed by atoms with Gasteiger partial charge >= 0.3 is 12.1 Å². The van der Waals surface area contributed by atoms with E-state index in [1.807, 2.05) is 6.26 Å². The maximum absolute atomic E-state index is 11.3. The molecular formula is C11H24ClNO4S2. The van der Waals surface area contributed by atoms with E-state index in [2.05, 4.69) is 17.9 Å². The zero-order valence-electron chi connectivity index (χ0n) is 11.9. The summed E-state index contributed by atoms with van der Waals surface area (Å²) >= 11 is 4.50. The first kappa shape index (κ1) is 23.8. The van der Waals surface area contributed by atoms with Crippen molar-refractivity contribution >= 4 is 36.5 Å². The van der Waals surface area contributed by atoms with Crippen molar-refractivity contribution in [2.45, 2.75) is 38.8 Å². The van der Waals surface area contributed by atoms with Gasteiger partial charge in [-0.1, -0.05) is 0 Å². The molecule has 1 amide bonds. The molecule has 0 aromatic rings. The predicted octanol–water partition coefficient (Wildman–Crippen LogP) is -1.65. The Balaban J connectivity index is -0.000000809. The predicted molar refractivity (Wildman–Crippen MR) is 79.9 cm³/mol. The molecule has 2 N–H and O–H groups in total. The van der Waals surface area contributed by atoms with Crippen molar-refractivity contribution in [2.75, 3.05) is 18.3 Å². The summed E-state index contributed by atoms with van der Waals surface area (Å²) in [6, 6.07) is -0.887. The number of thioether (sulfide) groups is 1. The number of carbonyl (C=O) groups excluding carboxylic acids is 1. The van der Waals surface area contributed by atoms with Crippen molar-refractivity contribution < 1.29 is 31.8 Å². The standard InChI is InChI=1S/C10H19NO4S.CH4S.ClH/c1-10(2,3)15-9(14)11-7(8(12)13)5-6-16-4;1-2;/h7H,5-6H2,1-4H3,(H,11,14)(H,12,13);2H,1H3;1H. The van der Waals surface area contributed by atoms with Gasteiger partial charge in [0.2, 0.25) is 0 Å². The summed E-state index contributed by atoms with van der Waals surface area (Å²) in [6.07, 6.45) is 3.38. The normalized spacial score (nSPS) is 11.3. The topological polar surface area (TPSA) is 75.6 Å². The Bertz CT molecular complexity index is 260. The van der Waals surface area contributed by atoms with E-state index < -0.39 is 23.7 Å². The van der Waals surface area contributed by atoms with Crippen LogP contribution in [0.1, 0.15) is 27.2 Å². The molecule has 0 aromatic heterocycles. The first-order valence-corrected chi connectivity index (χ1v) is 7.87. The number of amides is 1. The minimum Gasteiger partial charge on any atom is -1.00 e. The second-order valence-corrected chi connectivity index (χ2v) is 5.30. The molecule has 0 aromatic carbocycles. The van der Waals surface area contributed by atoms with Crippen molar-refractivity contribution in [3.8, 4) is 0 Å². The van der Waals surface area contributed by atoms with Gasteiger partial charge in [0.25, 0.3) is 0 Å². The smallest absolute Gasteiger partial charge is 0.408 e. The van der Waals surface area contributed by atoms with Gasteiger partial charge in [0.1, 0.15) is 11.6 Å². The Morgan fingerprint density at radius 3 is 2.16 bits per heavy atom. The summed E-state index contributed by atoms with van der Waals surface area (Å²) in [4.78, 5) is 22.2. The van der Waals surface area contributed by atoms with Gasteiger partial charge in [-0.3, -0.25) is 0 Å². The number of rotatable bonds is 5. The first-order chi connectivity index (χ1) is 8.26. The van der Waals surface area contributed by atoms with Crippen LogP contribution in [0, 0.1) is 0 Å². The average Bonchev–Trinajstić information content (AvgIpc) is 2.24. The van der Waals surface area contributed by atoms with Gasteiger partial charge in [-0.25, -0.2) is 9.59 Å². The third-order valence-corrected chi connectivity index (χ3v) is 2.24. The Morgan fingerprint density at radius 2 is 1.84 bits per heavy atom. The SMILES string of the molecule is CSCCC(NC(=O)OC(C)(C)C)C(=O)O.C[SH2+].[Cl-]. The lowest BCUT2D eigenvalue weighted by Gasteiger charge is -2.21. The van der Waals surface area contributed by atoms with Gasteiger partial charge in [0.15, 0.2) is 0 Å². The van der Waals surface area contributed by atoms with Crippen molar-refractivity contribution in [1.82, 2.24) is 5.32 Å². The van der Waals surface area contributed by atoms with Crippen molar-refractivity contribution in [3.05, 3.63) is 0 Å². The average molecular weight is 334 g/mol. The highest BCUT2D eigenvalue weighted by Crippen LogP contribution is 2.08. The third kappa shape index (κ3) is 15.7. The molecule has 5 nitrogen and oxygen atoms in total. The number of nitrogens with one attached hydrogen (secondary N) is 1. The molecule has 0 aliphatic heterocycles. The zero-order chi connectivity index (χ0) is 14.8. The molecule has 0 fully saturated rings. The minimum atomic E-state index is -1.04. The number of carbonyl (C=O) groups is 2. The number of halogens is 1. The van der Waals surface area contributed by atoms with Crippen LogP contribution in [0.3, 0.4) is 0 Å². The van der Waals surface area contributed by atoms with E-state index in [9.17, 15) is 9.59 Å². The lowest BCUT2D eigenvalue weighted by molar-refractivity contribution is -0.139. The van der Waals surface area contributed by atoms with Crippen LogP contribution in [0.4, 0.5) is 4.79 Å². The molecule has 0 aliphatic carbocycles. The van der Waals surface area contributed by atoms with E-state index >= 15 is 0 Å². The summed E-state index contributed by atoms with van der Waals surface area (Å²) in [5.41, 5.74) is -0.618. The van der Waals surface area contributed by atoms with Crippen LogP contribution < -0.4 is 17.7 Å². The quantitative estimate of drug-likeness (QED) is 0.590. The van der Waals surface area contributed by atoms with Gasteiger partial charge in [-0.05, 0) is 51.8 Å². The Morgan fingerprint density at radius 1 is 1.37 bits per heavy atom. The van der Waals surface area contributed by atoms with E-state index in [4.69, 9.17) is 9.84 Å². The fourth-order valence-electron chi connectivity index (χ4n) is 0.943. The van der Waals surface area contributed by atoms with Crippen LogP contribution in [0.15, 0.2) is 0 Å². The molecule has 0 bridgehead atoms. The van der Waals surface area contributed by atoms with Gasteiger partial charge in [-0.15, -0.1) is 0 Å². The highest BCUT2D eigenvalue weighted by molar-refractivity contribution is 7.98. The summed E-state index contributed by atoms with van der Waals surface area (Å²) in [7, 11) is 0. The Hall–Kier alpha value is -0.270. The molecular weight excluding hydrogens is 310 g/mol. The number of alkyl carbamates (subject to hydrolysis) is 1. The molecule has 19 heavy (non-hydrogen) atoms. The molecule has 8 heteroatoms. The Labute approximate surface area is 131 Å². The number of hydrogen-bond acceptors (Lipinski definition) is 4. The third-order valence-electron chi connectivity index (χ3n) is 1.60. The molecule has 0 spiro atoms. The summed E-state index contributed by atoms with van der Waals surface area (Å²) in [6.45, 7) is 5.18. The van der Waals surface area contributed by atoms with E-state index in [-0.39, 0.29) is 12.4 Å². The van der Waals surface area contributed by atoms with Crippen LogP contribution in [0.25, 0.3) is 0 Å². The molecule has 0 saturated heterocycles. The van der Waals surface area contributed by atoms with Crippen LogP contribution >= 0.6 is 11.8 Å². The molecule has 0 heterocycles. The van der Waals surface area contributed by atoms with Crippen LogP contribution in [0.2, 0.25) is 0 Å². The number of hydrogen-bond donors (Lipinski definition) is 2. The van der Waals surface area contributed by atoms with Crippen molar-refractivity contribution in [2.24, 2.45) is 0 Å². The largest absolute Gasteiger partial charge is 1.00 e. The summed E-state index contributed by atoms with van der Waals surface area (Å²) in [5.74, 6) is -0.368. The minimum absolute atomic E-state index is 0. The number of aliphatic carboxylic acids is 1. The van der Waals surface area contributed by atoms with Crippen LogP contribution in [-0.4, -0.2) is 47.1 Å². The van der Waals surface area contributed by atoms with E-state index in [0.717, 1.165) is 0 Å². The lowest BCUT2D eigenvalue weighted by atomic mass is 10.2. The number of ether oxygens (including phenoxy) is 1. The second kappa shape index (κ2) is 12.7. The van der Waals surface area contributed by atoms with Crippen LogP contribution in [0.5, 0.6) is 0 Å². The highest BCUT2D eigenvalue weighted by Gasteiger charge is 2.23. The maximum atomic E-state index is 11.3. The molecule has 1 unspecified atom stereocenters. The molecule has 116 valence electrons. The first-order valence-electron chi connectivity index (χ1n) is 5.47. The van der Waals surface area contributed by atoms with E-state index in [1.54, 1.807) is 27.0 Å². The second-order valence-electron chi connectivity index (χ2n) is 4.32. The molecule has 1 atom stereocenters. The van der Waals surface area contributed by atoms with Crippen LogP contribution in [-0.2, 0) is 22.2 Å². The Kier molecular flexibility index (Phi) is 16.0. The fourth-order valence-corrected chi connectivity index (χ4v) is 1.41. The summed E-state index contributed by atoms with van der Waals surface area (Å²) < 4.78 is 4.98. The molecule has 0 aliphatic rings. The monoisotopic (exact) mass is 333 g/mol. The summed E-state index contributed by atoms with van der Waals surface area (Å²) in [5, 5.41) is 11.2. The lowest BCUT2D eigenvalue weighted by Crippen LogP contribution is -3.00. The van der Waals surface area contributed by atoms with E-state index in [0.29, 0.717) is 12.2 Å². The van der Waals surface area contributed by atoms with Crippen molar-refractivity contribution in [1.29, 1.82) is 0 Å².